The Hall–Kier alpha value is -1.40. The summed E-state index contributed by atoms with van der Waals surface area (Å²) in [5.41, 5.74) is 1.06. The molecule has 0 unspecified atom stereocenters. The number of nitrogens with zero attached hydrogens (tertiary/aromatic N) is 3. The SMILES string of the molecule is O=C(c1cc2c(nc3sccn32)s1)N1CCCCC1. The first kappa shape index (κ1) is 11.4. The Kier molecular flexibility index (Phi) is 2.60. The lowest BCUT2D eigenvalue weighted by Crippen LogP contribution is -2.35. The van der Waals surface area contributed by atoms with Crippen LogP contribution in [0.2, 0.25) is 0 Å². The van der Waals surface area contributed by atoms with Crippen molar-refractivity contribution in [1.82, 2.24) is 14.3 Å². The third-order valence-corrected chi connectivity index (χ3v) is 5.36. The van der Waals surface area contributed by atoms with Crippen molar-refractivity contribution < 1.29 is 4.79 Å². The van der Waals surface area contributed by atoms with Crippen LogP contribution in [0.3, 0.4) is 0 Å². The van der Waals surface area contributed by atoms with Gasteiger partial charge in [-0.1, -0.05) is 0 Å². The number of fused-ring (bicyclic) bond motifs is 3. The zero-order valence-electron chi connectivity index (χ0n) is 10.3. The van der Waals surface area contributed by atoms with Crippen LogP contribution in [-0.2, 0) is 0 Å². The average molecular weight is 291 g/mol. The van der Waals surface area contributed by atoms with Crippen LogP contribution in [0, 0.1) is 0 Å². The molecule has 98 valence electrons. The van der Waals surface area contributed by atoms with E-state index in [1.54, 1.807) is 11.3 Å². The molecule has 0 radical (unpaired) electrons. The summed E-state index contributed by atoms with van der Waals surface area (Å²) in [6.07, 6.45) is 5.51. The van der Waals surface area contributed by atoms with Crippen LogP contribution < -0.4 is 0 Å². The molecule has 4 heterocycles. The summed E-state index contributed by atoms with van der Waals surface area (Å²) >= 11 is 3.14. The molecule has 4 rings (SSSR count). The quantitative estimate of drug-likeness (QED) is 0.690. The van der Waals surface area contributed by atoms with Gasteiger partial charge in [-0.3, -0.25) is 9.20 Å². The number of hydrogen-bond acceptors (Lipinski definition) is 4. The molecular weight excluding hydrogens is 278 g/mol. The van der Waals surface area contributed by atoms with Gasteiger partial charge in [0.1, 0.15) is 4.83 Å². The topological polar surface area (TPSA) is 37.6 Å². The van der Waals surface area contributed by atoms with Gasteiger partial charge in [-0.2, -0.15) is 0 Å². The van der Waals surface area contributed by atoms with Crippen LogP contribution >= 0.6 is 22.7 Å². The van der Waals surface area contributed by atoms with Crippen molar-refractivity contribution in [2.24, 2.45) is 0 Å². The Morgan fingerprint density at radius 2 is 2.11 bits per heavy atom. The first-order chi connectivity index (χ1) is 9.33. The predicted octanol–water partition coefficient (Wildman–Crippen LogP) is 3.24. The number of carbonyl (C=O) groups is 1. The van der Waals surface area contributed by atoms with Crippen LogP contribution in [0.4, 0.5) is 0 Å². The summed E-state index contributed by atoms with van der Waals surface area (Å²) in [6, 6.07) is 1.99. The molecule has 1 saturated heterocycles. The van der Waals surface area contributed by atoms with Crippen LogP contribution in [-0.4, -0.2) is 33.3 Å². The van der Waals surface area contributed by atoms with Crippen molar-refractivity contribution in [3.05, 3.63) is 22.5 Å². The normalized spacial score (nSPS) is 16.5. The highest BCUT2D eigenvalue weighted by Crippen LogP contribution is 2.29. The van der Waals surface area contributed by atoms with Gasteiger partial charge in [-0.25, -0.2) is 4.98 Å². The zero-order valence-corrected chi connectivity index (χ0v) is 12.0. The van der Waals surface area contributed by atoms with Gasteiger partial charge in [0.15, 0.2) is 4.96 Å². The second kappa shape index (κ2) is 4.31. The first-order valence-electron chi connectivity index (χ1n) is 6.47. The Labute approximate surface area is 118 Å². The maximum Gasteiger partial charge on any atom is 0.264 e. The van der Waals surface area contributed by atoms with Crippen molar-refractivity contribution in [3.63, 3.8) is 0 Å². The highest BCUT2D eigenvalue weighted by molar-refractivity contribution is 7.21. The van der Waals surface area contributed by atoms with Crippen molar-refractivity contribution >= 4 is 43.9 Å². The van der Waals surface area contributed by atoms with E-state index in [2.05, 4.69) is 9.38 Å². The van der Waals surface area contributed by atoms with Crippen LogP contribution in [0.1, 0.15) is 28.9 Å². The van der Waals surface area contributed by atoms with Crippen LogP contribution in [0.25, 0.3) is 15.3 Å². The predicted molar refractivity (Wildman–Crippen MR) is 78.2 cm³/mol. The molecule has 0 bridgehead atoms. The third kappa shape index (κ3) is 1.78. The summed E-state index contributed by atoms with van der Waals surface area (Å²) in [4.78, 5) is 21.8. The van der Waals surface area contributed by atoms with E-state index in [4.69, 9.17) is 0 Å². The van der Waals surface area contributed by atoms with Crippen LogP contribution in [0.15, 0.2) is 17.6 Å². The van der Waals surface area contributed by atoms with Crippen LogP contribution in [0.5, 0.6) is 0 Å². The van der Waals surface area contributed by atoms with Gasteiger partial charge in [0, 0.05) is 24.7 Å². The highest BCUT2D eigenvalue weighted by atomic mass is 32.1. The number of thiazole rings is 1. The molecule has 0 atom stereocenters. The number of aromatic nitrogens is 2. The molecule has 6 heteroatoms. The highest BCUT2D eigenvalue weighted by Gasteiger charge is 2.21. The maximum atomic E-state index is 12.4. The minimum Gasteiger partial charge on any atom is -0.338 e. The molecule has 3 aromatic rings. The van der Waals surface area contributed by atoms with Gasteiger partial charge in [0.25, 0.3) is 5.91 Å². The van der Waals surface area contributed by atoms with E-state index in [0.717, 1.165) is 46.1 Å². The third-order valence-electron chi connectivity index (χ3n) is 3.59. The molecule has 0 aromatic carbocycles. The van der Waals surface area contributed by atoms with E-state index < -0.39 is 0 Å². The number of amides is 1. The molecule has 1 fully saturated rings. The van der Waals surface area contributed by atoms with Gasteiger partial charge in [0.2, 0.25) is 0 Å². The number of hydrogen-bond donors (Lipinski definition) is 0. The Bertz CT molecular complexity index is 748. The van der Waals surface area contributed by atoms with E-state index in [1.165, 1.54) is 17.8 Å². The fourth-order valence-corrected chi connectivity index (χ4v) is 4.37. The van der Waals surface area contributed by atoms with Gasteiger partial charge < -0.3 is 4.90 Å². The maximum absolute atomic E-state index is 12.4. The number of thiophene rings is 1. The van der Waals surface area contributed by atoms with Gasteiger partial charge in [-0.05, 0) is 25.3 Å². The smallest absolute Gasteiger partial charge is 0.264 e. The minimum absolute atomic E-state index is 0.173. The van der Waals surface area contributed by atoms with Crippen molar-refractivity contribution in [2.75, 3.05) is 13.1 Å². The Balaban J connectivity index is 1.73. The molecule has 0 N–H and O–H groups in total. The molecule has 4 nitrogen and oxygen atoms in total. The van der Waals surface area contributed by atoms with E-state index in [0.29, 0.717) is 0 Å². The lowest BCUT2D eigenvalue weighted by molar-refractivity contribution is 0.0729. The standard InChI is InChI=1S/C13H13N3OS2/c17-12(15-4-2-1-3-5-15)10-8-9-11(19-10)14-13-16(9)6-7-18-13/h6-8H,1-5H2. The fraction of sp³-hybridized carbons (Fsp3) is 0.385. The number of imidazole rings is 1. The Morgan fingerprint density at radius 1 is 1.26 bits per heavy atom. The molecule has 19 heavy (non-hydrogen) atoms. The largest absolute Gasteiger partial charge is 0.338 e. The Morgan fingerprint density at radius 3 is 2.95 bits per heavy atom. The molecule has 1 aliphatic heterocycles. The fourth-order valence-electron chi connectivity index (χ4n) is 2.61. The number of rotatable bonds is 1. The van der Waals surface area contributed by atoms with Gasteiger partial charge >= 0.3 is 0 Å². The molecule has 3 aromatic heterocycles. The average Bonchev–Trinajstić information content (AvgIpc) is 3.10. The molecule has 0 aliphatic carbocycles. The van der Waals surface area contributed by atoms with E-state index in [9.17, 15) is 4.79 Å². The van der Waals surface area contributed by atoms with E-state index in [1.807, 2.05) is 22.5 Å². The molecule has 1 amide bonds. The first-order valence-corrected chi connectivity index (χ1v) is 8.17. The van der Waals surface area contributed by atoms with E-state index >= 15 is 0 Å². The number of piperidine rings is 1. The number of carbonyl (C=O) groups excluding carboxylic acids is 1. The van der Waals surface area contributed by atoms with E-state index in [-0.39, 0.29) is 5.91 Å². The summed E-state index contributed by atoms with van der Waals surface area (Å²) in [7, 11) is 0. The lowest BCUT2D eigenvalue weighted by Gasteiger charge is -2.26. The summed E-state index contributed by atoms with van der Waals surface area (Å²) < 4.78 is 2.06. The molecular formula is C13H13N3OS2. The summed E-state index contributed by atoms with van der Waals surface area (Å²) in [5, 5.41) is 2.02. The second-order valence-electron chi connectivity index (χ2n) is 4.82. The number of likely N-dealkylation sites (tertiary alicyclic amines) is 1. The monoisotopic (exact) mass is 291 g/mol. The molecule has 0 saturated carbocycles. The summed E-state index contributed by atoms with van der Waals surface area (Å²) in [5.74, 6) is 0.173. The van der Waals surface area contributed by atoms with Gasteiger partial charge in [-0.15, -0.1) is 22.7 Å². The van der Waals surface area contributed by atoms with Gasteiger partial charge in [0.05, 0.1) is 10.4 Å². The van der Waals surface area contributed by atoms with Crippen molar-refractivity contribution in [3.8, 4) is 0 Å². The molecule has 1 aliphatic rings. The zero-order chi connectivity index (χ0) is 12.8. The second-order valence-corrected chi connectivity index (χ2v) is 6.72. The van der Waals surface area contributed by atoms with Crippen molar-refractivity contribution in [1.29, 1.82) is 0 Å². The van der Waals surface area contributed by atoms with Crippen molar-refractivity contribution in [2.45, 2.75) is 19.3 Å². The molecule has 0 spiro atoms. The lowest BCUT2D eigenvalue weighted by atomic mass is 10.1. The summed E-state index contributed by atoms with van der Waals surface area (Å²) in [6.45, 7) is 1.80. The minimum atomic E-state index is 0.173.